The van der Waals surface area contributed by atoms with Gasteiger partial charge in [-0.3, -0.25) is 9.20 Å². The summed E-state index contributed by atoms with van der Waals surface area (Å²) in [6.45, 7) is 9.27. The second-order valence-electron chi connectivity index (χ2n) is 6.94. The van der Waals surface area contributed by atoms with Gasteiger partial charge in [-0.25, -0.2) is 4.98 Å². The average molecular weight is 354 g/mol. The van der Waals surface area contributed by atoms with E-state index in [1.807, 2.05) is 31.2 Å². The molecule has 3 aromatic rings. The molecule has 0 fully saturated rings. The molecule has 0 aliphatic heterocycles. The van der Waals surface area contributed by atoms with Crippen LogP contribution in [0.3, 0.4) is 0 Å². The Bertz CT molecular complexity index is 931. The Hall–Kier alpha value is -2.70. The molecule has 0 bridgehead atoms. The number of fused-ring (bicyclic) bond motifs is 3. The standard InChI is InChI=1S/C19H26N6O/c1-12(2)19(26)21-10-6-5-9-20-17-18-24-23-14(4)25(18)16-11-13(3)7-8-15(16)22-17/h7-8,11-12H,5-6,9-10H2,1-4H3,(H,20,22)(H,21,26). The lowest BCUT2D eigenvalue weighted by Gasteiger charge is -2.11. The largest absolute Gasteiger partial charge is 0.367 e. The molecular formula is C19H26N6O. The molecule has 1 aromatic carbocycles. The fraction of sp³-hybridized carbons (Fsp3) is 0.474. The third kappa shape index (κ3) is 3.76. The maximum Gasteiger partial charge on any atom is 0.222 e. The van der Waals surface area contributed by atoms with Crippen LogP contribution in [0.2, 0.25) is 0 Å². The Labute approximate surface area is 153 Å². The number of carbonyl (C=O) groups is 1. The summed E-state index contributed by atoms with van der Waals surface area (Å²) in [6, 6.07) is 6.19. The second kappa shape index (κ2) is 7.68. The SMILES string of the molecule is Cc1ccc2nc(NCCCCNC(=O)C(C)C)c3nnc(C)n3c2c1. The number of nitrogens with one attached hydrogen (secondary N) is 2. The lowest BCUT2D eigenvalue weighted by Crippen LogP contribution is -2.28. The van der Waals surface area contributed by atoms with Crippen molar-refractivity contribution in [2.45, 2.75) is 40.5 Å². The van der Waals surface area contributed by atoms with E-state index in [1.165, 1.54) is 5.56 Å². The summed E-state index contributed by atoms with van der Waals surface area (Å²) in [5.74, 6) is 1.72. The van der Waals surface area contributed by atoms with Crippen LogP contribution >= 0.6 is 0 Å². The molecule has 138 valence electrons. The number of hydrogen-bond donors (Lipinski definition) is 2. The van der Waals surface area contributed by atoms with Crippen LogP contribution < -0.4 is 10.6 Å². The number of nitrogens with zero attached hydrogens (tertiary/aromatic N) is 4. The lowest BCUT2D eigenvalue weighted by molar-refractivity contribution is -0.123. The van der Waals surface area contributed by atoms with Gasteiger partial charge in [0.1, 0.15) is 5.82 Å². The van der Waals surface area contributed by atoms with E-state index >= 15 is 0 Å². The molecule has 0 saturated carbocycles. The van der Waals surface area contributed by atoms with Crippen molar-refractivity contribution in [3.05, 3.63) is 29.6 Å². The number of rotatable bonds is 7. The zero-order valence-electron chi connectivity index (χ0n) is 15.8. The number of benzene rings is 1. The summed E-state index contributed by atoms with van der Waals surface area (Å²) in [5, 5.41) is 14.8. The number of anilines is 1. The Morgan fingerprint density at radius 2 is 1.92 bits per heavy atom. The Morgan fingerprint density at radius 3 is 2.69 bits per heavy atom. The van der Waals surface area contributed by atoms with Crippen LogP contribution in [0.15, 0.2) is 18.2 Å². The van der Waals surface area contributed by atoms with Gasteiger partial charge in [0, 0.05) is 19.0 Å². The quantitative estimate of drug-likeness (QED) is 0.637. The van der Waals surface area contributed by atoms with Gasteiger partial charge in [0.05, 0.1) is 11.0 Å². The van der Waals surface area contributed by atoms with E-state index in [-0.39, 0.29) is 11.8 Å². The van der Waals surface area contributed by atoms with Gasteiger partial charge >= 0.3 is 0 Å². The molecule has 26 heavy (non-hydrogen) atoms. The molecule has 1 amide bonds. The van der Waals surface area contributed by atoms with Crippen LogP contribution in [-0.4, -0.2) is 38.6 Å². The van der Waals surface area contributed by atoms with Crippen molar-refractivity contribution in [1.29, 1.82) is 0 Å². The number of amides is 1. The molecule has 7 nitrogen and oxygen atoms in total. The summed E-state index contributed by atoms with van der Waals surface area (Å²) >= 11 is 0. The Balaban J connectivity index is 1.68. The summed E-state index contributed by atoms with van der Waals surface area (Å²) < 4.78 is 2.04. The van der Waals surface area contributed by atoms with Gasteiger partial charge in [0.25, 0.3) is 0 Å². The minimum Gasteiger partial charge on any atom is -0.367 e. The van der Waals surface area contributed by atoms with Gasteiger partial charge in [0.2, 0.25) is 11.6 Å². The molecule has 2 N–H and O–H groups in total. The number of aryl methyl sites for hydroxylation is 2. The molecule has 3 rings (SSSR count). The van der Waals surface area contributed by atoms with E-state index in [2.05, 4.69) is 39.9 Å². The van der Waals surface area contributed by atoms with Gasteiger partial charge in [-0.1, -0.05) is 19.9 Å². The van der Waals surface area contributed by atoms with Crippen LogP contribution in [-0.2, 0) is 4.79 Å². The molecule has 0 atom stereocenters. The van der Waals surface area contributed by atoms with Gasteiger partial charge in [-0.05, 0) is 44.4 Å². The first-order valence-electron chi connectivity index (χ1n) is 9.11. The molecule has 2 heterocycles. The monoisotopic (exact) mass is 354 g/mol. The summed E-state index contributed by atoms with van der Waals surface area (Å²) in [4.78, 5) is 16.3. The average Bonchev–Trinajstić information content (AvgIpc) is 3.00. The highest BCUT2D eigenvalue weighted by Gasteiger charge is 2.13. The van der Waals surface area contributed by atoms with Gasteiger partial charge in [-0.2, -0.15) is 0 Å². The predicted octanol–water partition coefficient (Wildman–Crippen LogP) is 2.86. The maximum absolute atomic E-state index is 11.5. The van der Waals surface area contributed by atoms with Crippen molar-refractivity contribution in [3.63, 3.8) is 0 Å². The molecule has 2 aromatic heterocycles. The van der Waals surface area contributed by atoms with E-state index in [0.717, 1.165) is 47.7 Å². The molecule has 0 aliphatic carbocycles. The van der Waals surface area contributed by atoms with Crippen LogP contribution in [0.4, 0.5) is 5.82 Å². The minimum absolute atomic E-state index is 0.0306. The molecule has 0 aliphatic rings. The van der Waals surface area contributed by atoms with E-state index in [1.54, 1.807) is 0 Å². The smallest absolute Gasteiger partial charge is 0.222 e. The third-order valence-corrected chi connectivity index (χ3v) is 4.36. The molecule has 0 radical (unpaired) electrons. The van der Waals surface area contributed by atoms with E-state index in [4.69, 9.17) is 4.98 Å². The first-order valence-corrected chi connectivity index (χ1v) is 9.11. The molecular weight excluding hydrogens is 328 g/mol. The molecule has 0 spiro atoms. The van der Waals surface area contributed by atoms with Gasteiger partial charge < -0.3 is 10.6 Å². The number of hydrogen-bond acceptors (Lipinski definition) is 5. The Morgan fingerprint density at radius 1 is 1.15 bits per heavy atom. The zero-order chi connectivity index (χ0) is 18.7. The predicted molar refractivity (Wildman–Crippen MR) is 103 cm³/mol. The fourth-order valence-corrected chi connectivity index (χ4v) is 2.87. The van der Waals surface area contributed by atoms with Gasteiger partial charge in [-0.15, -0.1) is 10.2 Å². The highest BCUT2D eigenvalue weighted by Crippen LogP contribution is 2.22. The van der Waals surface area contributed by atoms with Crippen molar-refractivity contribution in [3.8, 4) is 0 Å². The molecule has 0 saturated heterocycles. The Kier molecular flexibility index (Phi) is 5.35. The van der Waals surface area contributed by atoms with E-state index in [9.17, 15) is 4.79 Å². The zero-order valence-corrected chi connectivity index (χ0v) is 15.8. The topological polar surface area (TPSA) is 84.2 Å². The summed E-state index contributed by atoms with van der Waals surface area (Å²) in [7, 11) is 0. The van der Waals surface area contributed by atoms with Crippen molar-refractivity contribution >= 4 is 28.4 Å². The molecule has 7 heteroatoms. The first kappa shape index (κ1) is 18.1. The van der Waals surface area contributed by atoms with Crippen molar-refractivity contribution in [2.75, 3.05) is 18.4 Å². The first-order chi connectivity index (χ1) is 12.5. The highest BCUT2D eigenvalue weighted by molar-refractivity contribution is 5.83. The van der Waals surface area contributed by atoms with Crippen molar-refractivity contribution < 1.29 is 4.79 Å². The normalized spacial score (nSPS) is 11.4. The number of aromatic nitrogens is 4. The highest BCUT2D eigenvalue weighted by atomic mass is 16.1. The minimum atomic E-state index is 0.0306. The van der Waals surface area contributed by atoms with E-state index < -0.39 is 0 Å². The second-order valence-corrected chi connectivity index (χ2v) is 6.94. The third-order valence-electron chi connectivity index (χ3n) is 4.36. The number of unbranched alkanes of at least 4 members (excludes halogenated alkanes) is 1. The van der Waals surface area contributed by atoms with E-state index in [0.29, 0.717) is 6.54 Å². The van der Waals surface area contributed by atoms with Crippen LogP contribution in [0.25, 0.3) is 16.7 Å². The van der Waals surface area contributed by atoms with Gasteiger partial charge in [0.15, 0.2) is 5.82 Å². The lowest BCUT2D eigenvalue weighted by atomic mass is 10.2. The summed E-state index contributed by atoms with van der Waals surface area (Å²) in [6.07, 6.45) is 1.85. The number of carbonyl (C=O) groups excluding carboxylic acids is 1. The maximum atomic E-state index is 11.5. The van der Waals surface area contributed by atoms with Crippen LogP contribution in [0, 0.1) is 19.8 Å². The molecule has 0 unspecified atom stereocenters. The summed E-state index contributed by atoms with van der Waals surface area (Å²) in [5.41, 5.74) is 3.86. The fourth-order valence-electron chi connectivity index (χ4n) is 2.87. The van der Waals surface area contributed by atoms with Crippen LogP contribution in [0.5, 0.6) is 0 Å². The van der Waals surface area contributed by atoms with Crippen molar-refractivity contribution in [1.82, 2.24) is 24.9 Å². The van der Waals surface area contributed by atoms with Crippen molar-refractivity contribution in [2.24, 2.45) is 5.92 Å². The van der Waals surface area contributed by atoms with Crippen LogP contribution in [0.1, 0.15) is 38.1 Å².